The Morgan fingerprint density at radius 2 is 2.33 bits per heavy atom. The van der Waals surface area contributed by atoms with Crippen LogP contribution in [0.5, 0.6) is 0 Å². The van der Waals surface area contributed by atoms with E-state index in [-0.39, 0.29) is 0 Å². The van der Waals surface area contributed by atoms with Crippen LogP contribution < -0.4 is 5.32 Å². The van der Waals surface area contributed by atoms with Crippen LogP contribution in [0.15, 0.2) is 0 Å². The number of aromatic nitrogens is 4. The molecule has 18 heavy (non-hydrogen) atoms. The lowest BCUT2D eigenvalue weighted by atomic mass is 10.1. The Balaban J connectivity index is 1.91. The molecule has 0 aliphatic carbocycles. The highest BCUT2D eigenvalue weighted by atomic mass is 15.6. The Hall–Kier alpha value is -1.01. The van der Waals surface area contributed by atoms with Crippen molar-refractivity contribution in [2.75, 3.05) is 19.6 Å². The van der Waals surface area contributed by atoms with Gasteiger partial charge in [-0.25, -0.2) is 0 Å². The zero-order valence-electron chi connectivity index (χ0n) is 11.6. The Labute approximate surface area is 109 Å². The minimum absolute atomic E-state index is 0.625. The van der Waals surface area contributed by atoms with Gasteiger partial charge in [0.05, 0.1) is 13.6 Å². The van der Waals surface area contributed by atoms with Crippen LogP contribution in [0.4, 0.5) is 0 Å². The van der Waals surface area contributed by atoms with Gasteiger partial charge in [0, 0.05) is 19.1 Å². The Kier molecular flexibility index (Phi) is 4.66. The molecule has 1 unspecified atom stereocenters. The molecule has 0 saturated carbocycles. The van der Waals surface area contributed by atoms with Crippen LogP contribution in [0.3, 0.4) is 0 Å². The summed E-state index contributed by atoms with van der Waals surface area (Å²) in [6.45, 7) is 8.61. The Morgan fingerprint density at radius 1 is 1.50 bits per heavy atom. The number of hydrogen-bond donors (Lipinski definition) is 1. The quantitative estimate of drug-likeness (QED) is 0.795. The van der Waals surface area contributed by atoms with Crippen molar-refractivity contribution in [2.45, 2.75) is 39.3 Å². The van der Waals surface area contributed by atoms with Gasteiger partial charge in [-0.1, -0.05) is 13.8 Å². The van der Waals surface area contributed by atoms with E-state index in [1.807, 2.05) is 7.05 Å². The third-order valence-electron chi connectivity index (χ3n) is 3.18. The summed E-state index contributed by atoms with van der Waals surface area (Å²) in [6, 6.07) is 0.625. The molecule has 1 aliphatic rings. The van der Waals surface area contributed by atoms with Crippen molar-refractivity contribution in [1.82, 2.24) is 30.4 Å². The summed E-state index contributed by atoms with van der Waals surface area (Å²) in [5.41, 5.74) is 0. The van der Waals surface area contributed by atoms with Gasteiger partial charge in [-0.05, 0) is 30.5 Å². The van der Waals surface area contributed by atoms with Crippen LogP contribution >= 0.6 is 0 Å². The van der Waals surface area contributed by atoms with E-state index in [0.717, 1.165) is 32.0 Å². The molecule has 1 aromatic heterocycles. The molecule has 2 heterocycles. The van der Waals surface area contributed by atoms with Gasteiger partial charge in [-0.15, -0.1) is 10.2 Å². The van der Waals surface area contributed by atoms with E-state index in [2.05, 4.69) is 39.5 Å². The van der Waals surface area contributed by atoms with Crippen molar-refractivity contribution in [2.24, 2.45) is 13.0 Å². The van der Waals surface area contributed by atoms with Crippen LogP contribution in [0.25, 0.3) is 0 Å². The number of nitrogens with zero attached hydrogens (tertiary/aromatic N) is 5. The fraction of sp³-hybridized carbons (Fsp3) is 0.917. The number of nitrogens with one attached hydrogen (secondary N) is 1. The van der Waals surface area contributed by atoms with E-state index < -0.39 is 0 Å². The first-order chi connectivity index (χ1) is 8.63. The van der Waals surface area contributed by atoms with E-state index in [9.17, 15) is 0 Å². The molecule has 6 nitrogen and oxygen atoms in total. The van der Waals surface area contributed by atoms with Gasteiger partial charge in [0.15, 0.2) is 5.82 Å². The molecule has 0 bridgehead atoms. The third kappa shape index (κ3) is 4.03. The minimum Gasteiger partial charge on any atom is -0.313 e. The van der Waals surface area contributed by atoms with Gasteiger partial charge in [0.25, 0.3) is 0 Å². The maximum Gasteiger partial charge on any atom is 0.188 e. The van der Waals surface area contributed by atoms with Crippen molar-refractivity contribution in [3.63, 3.8) is 0 Å². The summed E-state index contributed by atoms with van der Waals surface area (Å²) in [5, 5.41) is 15.8. The Morgan fingerprint density at radius 3 is 2.89 bits per heavy atom. The topological polar surface area (TPSA) is 58.9 Å². The zero-order chi connectivity index (χ0) is 13.0. The fourth-order valence-corrected chi connectivity index (χ4v) is 2.53. The normalized spacial score (nSPS) is 20.2. The molecule has 1 saturated heterocycles. The second-order valence-electron chi connectivity index (χ2n) is 5.58. The van der Waals surface area contributed by atoms with Gasteiger partial charge in [-0.2, -0.15) is 4.80 Å². The fourth-order valence-electron chi connectivity index (χ4n) is 2.53. The second-order valence-corrected chi connectivity index (χ2v) is 5.58. The largest absolute Gasteiger partial charge is 0.313 e. The molecule has 0 spiro atoms. The molecule has 1 aliphatic heterocycles. The maximum atomic E-state index is 4.26. The lowest BCUT2D eigenvalue weighted by Crippen LogP contribution is -2.39. The van der Waals surface area contributed by atoms with Gasteiger partial charge in [-0.3, -0.25) is 4.90 Å². The summed E-state index contributed by atoms with van der Waals surface area (Å²) in [4.78, 5) is 3.96. The van der Waals surface area contributed by atoms with Gasteiger partial charge < -0.3 is 5.32 Å². The predicted octanol–water partition coefficient (Wildman–Crippen LogP) is 0.420. The van der Waals surface area contributed by atoms with Crippen molar-refractivity contribution < 1.29 is 0 Å². The predicted molar refractivity (Wildman–Crippen MR) is 69.9 cm³/mol. The third-order valence-corrected chi connectivity index (χ3v) is 3.18. The molecule has 0 amide bonds. The monoisotopic (exact) mass is 252 g/mol. The van der Waals surface area contributed by atoms with E-state index in [1.165, 1.54) is 17.6 Å². The van der Waals surface area contributed by atoms with Crippen LogP contribution in [0.2, 0.25) is 0 Å². The Bertz CT molecular complexity index is 355. The molecule has 0 aromatic carbocycles. The SMILES string of the molecule is CC(C)CN(Cc1nnn(C)n1)CC1CCCN1. The van der Waals surface area contributed by atoms with Crippen LogP contribution in [-0.2, 0) is 13.6 Å². The second kappa shape index (κ2) is 6.24. The van der Waals surface area contributed by atoms with Crippen molar-refractivity contribution in [3.05, 3.63) is 5.82 Å². The summed E-state index contributed by atoms with van der Waals surface area (Å²) in [5.74, 6) is 1.47. The van der Waals surface area contributed by atoms with Crippen LogP contribution in [-0.4, -0.2) is 50.8 Å². The van der Waals surface area contributed by atoms with E-state index in [1.54, 1.807) is 0 Å². The molecular formula is C12H24N6. The summed E-state index contributed by atoms with van der Waals surface area (Å²) in [7, 11) is 1.81. The first-order valence-electron chi connectivity index (χ1n) is 6.82. The first kappa shape index (κ1) is 13.4. The highest BCUT2D eigenvalue weighted by Crippen LogP contribution is 2.10. The zero-order valence-corrected chi connectivity index (χ0v) is 11.6. The summed E-state index contributed by atoms with van der Waals surface area (Å²) in [6.07, 6.45) is 2.58. The molecule has 0 radical (unpaired) electrons. The van der Waals surface area contributed by atoms with Gasteiger partial charge in [0.1, 0.15) is 0 Å². The number of tetrazole rings is 1. The number of aryl methyl sites for hydroxylation is 1. The molecule has 1 atom stereocenters. The van der Waals surface area contributed by atoms with Crippen molar-refractivity contribution in [1.29, 1.82) is 0 Å². The highest BCUT2D eigenvalue weighted by molar-refractivity contribution is 4.82. The maximum absolute atomic E-state index is 4.26. The molecule has 1 aromatic rings. The van der Waals surface area contributed by atoms with Crippen LogP contribution in [0, 0.1) is 5.92 Å². The lowest BCUT2D eigenvalue weighted by molar-refractivity contribution is 0.211. The average Bonchev–Trinajstić information content (AvgIpc) is 2.89. The first-order valence-corrected chi connectivity index (χ1v) is 6.82. The van der Waals surface area contributed by atoms with Crippen molar-refractivity contribution >= 4 is 0 Å². The standard InChI is InChI=1S/C12H24N6/c1-10(2)7-18(8-11-5-4-6-13-11)9-12-14-16-17(3)15-12/h10-11,13H,4-9H2,1-3H3. The number of rotatable bonds is 6. The van der Waals surface area contributed by atoms with E-state index in [4.69, 9.17) is 0 Å². The summed E-state index contributed by atoms with van der Waals surface area (Å²) >= 11 is 0. The molecule has 2 rings (SSSR count). The lowest BCUT2D eigenvalue weighted by Gasteiger charge is -2.25. The van der Waals surface area contributed by atoms with E-state index >= 15 is 0 Å². The number of hydrogen-bond acceptors (Lipinski definition) is 5. The average molecular weight is 252 g/mol. The molecule has 1 fully saturated rings. The van der Waals surface area contributed by atoms with Crippen LogP contribution in [0.1, 0.15) is 32.5 Å². The molecule has 1 N–H and O–H groups in total. The minimum atomic E-state index is 0.625. The molecule has 6 heteroatoms. The molecule has 102 valence electrons. The summed E-state index contributed by atoms with van der Waals surface area (Å²) < 4.78 is 0. The van der Waals surface area contributed by atoms with Gasteiger partial charge >= 0.3 is 0 Å². The highest BCUT2D eigenvalue weighted by Gasteiger charge is 2.19. The van der Waals surface area contributed by atoms with Gasteiger partial charge in [0.2, 0.25) is 0 Å². The molecular weight excluding hydrogens is 228 g/mol. The smallest absolute Gasteiger partial charge is 0.188 e. The van der Waals surface area contributed by atoms with Crippen molar-refractivity contribution in [3.8, 4) is 0 Å². The van der Waals surface area contributed by atoms with E-state index in [0.29, 0.717) is 12.0 Å².